The number of amides is 1. The number of hydrazine groups is 1. The van der Waals surface area contributed by atoms with Gasteiger partial charge < -0.3 is 10.3 Å². The van der Waals surface area contributed by atoms with Gasteiger partial charge in [-0.15, -0.1) is 0 Å². The molecule has 0 aromatic carbocycles. The topological polar surface area (TPSA) is 71.2 Å². The zero-order valence-corrected chi connectivity index (χ0v) is 10.8. The predicted molar refractivity (Wildman–Crippen MR) is 69.8 cm³/mol. The van der Waals surface area contributed by atoms with Gasteiger partial charge in [-0.25, -0.2) is 15.2 Å². The van der Waals surface area contributed by atoms with Crippen LogP contribution in [-0.2, 0) is 0 Å². The summed E-state index contributed by atoms with van der Waals surface area (Å²) in [7, 11) is 0. The maximum atomic E-state index is 13.9. The lowest BCUT2D eigenvalue weighted by Crippen LogP contribution is -2.44. The monoisotopic (exact) mass is 270 g/mol. The van der Waals surface area contributed by atoms with Gasteiger partial charge in [0.05, 0.1) is 5.56 Å². The minimum absolute atomic E-state index is 0.0108. The van der Waals surface area contributed by atoms with Gasteiger partial charge in [-0.3, -0.25) is 4.79 Å². The Labute approximate surface area is 109 Å². The Morgan fingerprint density at radius 1 is 1.72 bits per heavy atom. The molecule has 1 aromatic heterocycles. The van der Waals surface area contributed by atoms with E-state index in [1.165, 1.54) is 12.3 Å². The molecule has 1 aromatic rings. The summed E-state index contributed by atoms with van der Waals surface area (Å²) >= 11 is 1.80. The second-order valence-electron chi connectivity index (χ2n) is 4.09. The summed E-state index contributed by atoms with van der Waals surface area (Å²) in [5, 5.41) is 0. The van der Waals surface area contributed by atoms with Gasteiger partial charge in [-0.2, -0.15) is 11.8 Å². The molecule has 0 saturated carbocycles. The van der Waals surface area contributed by atoms with E-state index in [4.69, 9.17) is 5.84 Å². The first-order chi connectivity index (χ1) is 8.65. The quantitative estimate of drug-likeness (QED) is 0.621. The summed E-state index contributed by atoms with van der Waals surface area (Å²) in [6, 6.07) is 1.49. The maximum Gasteiger partial charge on any atom is 0.257 e. The summed E-state index contributed by atoms with van der Waals surface area (Å²) in [4.78, 5) is 17.7. The van der Waals surface area contributed by atoms with Crippen LogP contribution < -0.4 is 11.3 Å². The Bertz CT molecular complexity index is 457. The lowest BCUT2D eigenvalue weighted by Gasteiger charge is -2.33. The highest BCUT2D eigenvalue weighted by Gasteiger charge is 2.27. The van der Waals surface area contributed by atoms with Gasteiger partial charge in [0.1, 0.15) is 0 Å². The molecule has 0 aliphatic carbocycles. The Morgan fingerprint density at radius 2 is 2.50 bits per heavy atom. The molecule has 1 aliphatic rings. The number of aromatic nitrogens is 1. The first-order valence-corrected chi connectivity index (χ1v) is 6.80. The number of nitrogens with zero attached hydrogens (tertiary/aromatic N) is 2. The second-order valence-corrected chi connectivity index (χ2v) is 5.24. The largest absolute Gasteiger partial charge is 0.334 e. The SMILES string of the molecule is CC1CSCCN1C(=O)c1ccnc(NN)c1F. The minimum atomic E-state index is -0.699. The Morgan fingerprint density at radius 3 is 3.17 bits per heavy atom. The van der Waals surface area contributed by atoms with Gasteiger partial charge in [0.2, 0.25) is 0 Å². The van der Waals surface area contributed by atoms with Crippen LogP contribution in [0.3, 0.4) is 0 Å². The van der Waals surface area contributed by atoms with Crippen LogP contribution >= 0.6 is 11.8 Å². The minimum Gasteiger partial charge on any atom is -0.334 e. The van der Waals surface area contributed by atoms with Gasteiger partial charge in [0.25, 0.3) is 5.91 Å². The van der Waals surface area contributed by atoms with Crippen molar-refractivity contribution < 1.29 is 9.18 Å². The maximum absolute atomic E-state index is 13.9. The van der Waals surface area contributed by atoms with E-state index in [2.05, 4.69) is 10.4 Å². The third-order valence-corrected chi connectivity index (χ3v) is 4.07. The van der Waals surface area contributed by atoms with E-state index in [1.807, 2.05) is 6.92 Å². The highest BCUT2D eigenvalue weighted by Crippen LogP contribution is 2.21. The Kier molecular flexibility index (Phi) is 4.03. The van der Waals surface area contributed by atoms with Crippen LogP contribution in [0.1, 0.15) is 17.3 Å². The number of pyridine rings is 1. The molecule has 18 heavy (non-hydrogen) atoms. The van der Waals surface area contributed by atoms with Crippen molar-refractivity contribution >= 4 is 23.5 Å². The van der Waals surface area contributed by atoms with Crippen LogP contribution in [0.2, 0.25) is 0 Å². The third-order valence-electron chi connectivity index (χ3n) is 2.88. The van der Waals surface area contributed by atoms with Gasteiger partial charge in [0, 0.05) is 30.3 Å². The van der Waals surface area contributed by atoms with Gasteiger partial charge in [-0.1, -0.05) is 0 Å². The van der Waals surface area contributed by atoms with Crippen LogP contribution in [-0.4, -0.2) is 39.9 Å². The zero-order valence-electron chi connectivity index (χ0n) is 10.0. The van der Waals surface area contributed by atoms with Gasteiger partial charge in [0.15, 0.2) is 11.6 Å². The molecule has 1 unspecified atom stereocenters. The van der Waals surface area contributed by atoms with Crippen LogP contribution in [0.25, 0.3) is 0 Å². The molecule has 0 bridgehead atoms. The van der Waals surface area contributed by atoms with Crippen molar-refractivity contribution in [3.63, 3.8) is 0 Å². The number of hydrogen-bond acceptors (Lipinski definition) is 5. The second kappa shape index (κ2) is 5.53. The van der Waals surface area contributed by atoms with Gasteiger partial charge in [-0.05, 0) is 13.0 Å². The molecule has 0 radical (unpaired) electrons. The number of carbonyl (C=O) groups is 1. The number of halogens is 1. The molecule has 98 valence electrons. The summed E-state index contributed by atoms with van der Waals surface area (Å²) in [6.07, 6.45) is 1.37. The summed E-state index contributed by atoms with van der Waals surface area (Å²) in [6.45, 7) is 2.60. The van der Waals surface area contributed by atoms with Crippen molar-refractivity contribution in [1.82, 2.24) is 9.88 Å². The molecule has 2 heterocycles. The van der Waals surface area contributed by atoms with E-state index in [0.29, 0.717) is 6.54 Å². The number of nitrogens with one attached hydrogen (secondary N) is 1. The smallest absolute Gasteiger partial charge is 0.257 e. The molecule has 5 nitrogen and oxygen atoms in total. The molecule has 0 spiro atoms. The van der Waals surface area contributed by atoms with Crippen molar-refractivity contribution in [2.24, 2.45) is 5.84 Å². The van der Waals surface area contributed by atoms with Crippen molar-refractivity contribution in [3.8, 4) is 0 Å². The molecule has 1 fully saturated rings. The number of carbonyl (C=O) groups excluding carboxylic acids is 1. The summed E-state index contributed by atoms with van der Waals surface area (Å²) in [5.41, 5.74) is 2.15. The molecule has 3 N–H and O–H groups in total. The summed E-state index contributed by atoms with van der Waals surface area (Å²) in [5.74, 6) is 5.78. The predicted octanol–water partition coefficient (Wildman–Crippen LogP) is 1.08. The number of anilines is 1. The van der Waals surface area contributed by atoms with Crippen LogP contribution in [0.4, 0.5) is 10.2 Å². The fourth-order valence-electron chi connectivity index (χ4n) is 1.89. The number of rotatable bonds is 2. The van der Waals surface area contributed by atoms with Crippen LogP contribution in [0.15, 0.2) is 12.3 Å². The normalized spacial score (nSPS) is 19.7. The Hall–Kier alpha value is -1.34. The van der Waals surface area contributed by atoms with Gasteiger partial charge >= 0.3 is 0 Å². The van der Waals surface area contributed by atoms with Crippen molar-refractivity contribution in [1.29, 1.82) is 0 Å². The molecule has 1 atom stereocenters. The lowest BCUT2D eigenvalue weighted by atomic mass is 10.2. The van der Waals surface area contributed by atoms with E-state index >= 15 is 0 Å². The van der Waals surface area contributed by atoms with Crippen LogP contribution in [0, 0.1) is 5.82 Å². The number of thioether (sulfide) groups is 1. The summed E-state index contributed by atoms with van der Waals surface area (Å²) < 4.78 is 13.9. The molecule has 1 amide bonds. The lowest BCUT2D eigenvalue weighted by molar-refractivity contribution is 0.0711. The highest BCUT2D eigenvalue weighted by molar-refractivity contribution is 7.99. The number of hydrogen-bond donors (Lipinski definition) is 2. The standard InChI is InChI=1S/C11H15FN4OS/c1-7-6-18-5-4-16(7)11(17)8-2-3-14-10(15-13)9(8)12/h2-3,7H,4-6,13H2,1H3,(H,14,15). The molecule has 1 saturated heterocycles. The number of nitrogens with two attached hydrogens (primary N) is 1. The molecular formula is C11H15FN4OS. The zero-order chi connectivity index (χ0) is 13.1. The van der Waals surface area contributed by atoms with E-state index in [0.717, 1.165) is 11.5 Å². The van der Waals surface area contributed by atoms with E-state index in [-0.39, 0.29) is 23.3 Å². The van der Waals surface area contributed by atoms with E-state index in [1.54, 1.807) is 16.7 Å². The Balaban J connectivity index is 2.28. The average Bonchev–Trinajstić information content (AvgIpc) is 2.39. The van der Waals surface area contributed by atoms with E-state index in [9.17, 15) is 9.18 Å². The molecule has 1 aliphatic heterocycles. The molecular weight excluding hydrogens is 255 g/mol. The molecule has 7 heteroatoms. The fraction of sp³-hybridized carbons (Fsp3) is 0.455. The van der Waals surface area contributed by atoms with Crippen molar-refractivity contribution in [3.05, 3.63) is 23.6 Å². The fourth-order valence-corrected chi connectivity index (χ4v) is 2.91. The van der Waals surface area contributed by atoms with Crippen LogP contribution in [0.5, 0.6) is 0 Å². The van der Waals surface area contributed by atoms with Crippen molar-refractivity contribution in [2.75, 3.05) is 23.5 Å². The first kappa shape index (κ1) is 13.1. The highest BCUT2D eigenvalue weighted by atomic mass is 32.2. The average molecular weight is 270 g/mol. The van der Waals surface area contributed by atoms with Crippen molar-refractivity contribution in [2.45, 2.75) is 13.0 Å². The first-order valence-electron chi connectivity index (χ1n) is 5.65. The molecule has 2 rings (SSSR count). The third kappa shape index (κ3) is 2.41. The number of nitrogen functional groups attached to an aromatic ring is 1. The van der Waals surface area contributed by atoms with E-state index < -0.39 is 5.82 Å².